The van der Waals surface area contributed by atoms with Crippen LogP contribution in [-0.4, -0.2) is 42.4 Å². The molecule has 17 heavy (non-hydrogen) atoms. The summed E-state index contributed by atoms with van der Waals surface area (Å²) in [5.41, 5.74) is 1.10. The third-order valence-electron chi connectivity index (χ3n) is 2.89. The highest BCUT2D eigenvalue weighted by Gasteiger charge is 2.10. The number of para-hydroxylation sites is 1. The molecule has 0 fully saturated rings. The van der Waals surface area contributed by atoms with E-state index in [2.05, 4.69) is 18.7 Å². The molecule has 1 rings (SSSR count). The van der Waals surface area contributed by atoms with E-state index in [9.17, 15) is 5.11 Å². The zero-order chi connectivity index (χ0) is 12.7. The van der Waals surface area contributed by atoms with Crippen LogP contribution in [0.5, 0.6) is 5.75 Å². The second-order valence-electron chi connectivity index (χ2n) is 4.22. The lowest BCUT2D eigenvalue weighted by atomic mass is 10.2. The van der Waals surface area contributed by atoms with Gasteiger partial charge in [-0.3, -0.25) is 0 Å². The monoisotopic (exact) mass is 237 g/mol. The van der Waals surface area contributed by atoms with Crippen molar-refractivity contribution in [2.75, 3.05) is 26.2 Å². The number of hydrogen-bond donors (Lipinski definition) is 1. The maximum atomic E-state index is 9.87. The molecule has 0 aliphatic heterocycles. The molecule has 0 saturated carbocycles. The molecule has 0 aliphatic rings. The van der Waals surface area contributed by atoms with Gasteiger partial charge in [0, 0.05) is 6.54 Å². The Kier molecular flexibility index (Phi) is 6.01. The molecular formula is C14H23NO2. The highest BCUT2D eigenvalue weighted by atomic mass is 16.5. The van der Waals surface area contributed by atoms with E-state index in [1.165, 1.54) is 0 Å². The Morgan fingerprint density at radius 1 is 1.24 bits per heavy atom. The van der Waals surface area contributed by atoms with Crippen molar-refractivity contribution < 1.29 is 9.84 Å². The maximum absolute atomic E-state index is 9.87. The van der Waals surface area contributed by atoms with Gasteiger partial charge in [0.15, 0.2) is 0 Å². The predicted molar refractivity (Wildman–Crippen MR) is 70.5 cm³/mol. The van der Waals surface area contributed by atoms with Gasteiger partial charge < -0.3 is 14.7 Å². The number of hydrogen-bond acceptors (Lipinski definition) is 3. The molecule has 3 nitrogen and oxygen atoms in total. The Hall–Kier alpha value is -1.06. The van der Waals surface area contributed by atoms with Crippen LogP contribution >= 0.6 is 0 Å². The van der Waals surface area contributed by atoms with E-state index in [0.29, 0.717) is 13.2 Å². The summed E-state index contributed by atoms with van der Waals surface area (Å²) in [6.07, 6.45) is -0.436. The summed E-state index contributed by atoms with van der Waals surface area (Å²) >= 11 is 0. The molecular weight excluding hydrogens is 214 g/mol. The minimum absolute atomic E-state index is 0.349. The fourth-order valence-corrected chi connectivity index (χ4v) is 1.74. The van der Waals surface area contributed by atoms with Gasteiger partial charge in [0.25, 0.3) is 0 Å². The standard InChI is InChI=1S/C14H23NO2/c1-4-15(5-2)10-13(16)11-17-14-9-7-6-8-12(14)3/h6-9,13,16H,4-5,10-11H2,1-3H3/t13-/m0/s1. The van der Waals surface area contributed by atoms with E-state index in [0.717, 1.165) is 24.4 Å². The van der Waals surface area contributed by atoms with Crippen LogP contribution in [0.2, 0.25) is 0 Å². The van der Waals surface area contributed by atoms with Crippen molar-refractivity contribution in [1.82, 2.24) is 4.90 Å². The van der Waals surface area contributed by atoms with Gasteiger partial charge in [0.05, 0.1) is 0 Å². The second-order valence-corrected chi connectivity index (χ2v) is 4.22. The van der Waals surface area contributed by atoms with Gasteiger partial charge >= 0.3 is 0 Å². The van der Waals surface area contributed by atoms with Crippen LogP contribution in [0.3, 0.4) is 0 Å². The molecule has 0 aromatic heterocycles. The molecule has 0 saturated heterocycles. The van der Waals surface area contributed by atoms with Gasteiger partial charge in [-0.25, -0.2) is 0 Å². The first-order chi connectivity index (χ1) is 8.17. The Morgan fingerprint density at radius 2 is 1.88 bits per heavy atom. The molecule has 1 aromatic rings. The van der Waals surface area contributed by atoms with Crippen molar-refractivity contribution in [2.24, 2.45) is 0 Å². The molecule has 0 aliphatic carbocycles. The first-order valence-electron chi connectivity index (χ1n) is 6.26. The quantitative estimate of drug-likeness (QED) is 0.788. The molecule has 0 unspecified atom stereocenters. The van der Waals surface area contributed by atoms with Crippen molar-refractivity contribution in [3.8, 4) is 5.75 Å². The smallest absolute Gasteiger partial charge is 0.122 e. The third-order valence-corrected chi connectivity index (χ3v) is 2.89. The summed E-state index contributed by atoms with van der Waals surface area (Å²) in [7, 11) is 0. The van der Waals surface area contributed by atoms with Crippen LogP contribution in [0.4, 0.5) is 0 Å². The van der Waals surface area contributed by atoms with Crippen molar-refractivity contribution >= 4 is 0 Å². The fourth-order valence-electron chi connectivity index (χ4n) is 1.74. The topological polar surface area (TPSA) is 32.7 Å². The number of aliphatic hydroxyl groups excluding tert-OH is 1. The zero-order valence-electron chi connectivity index (χ0n) is 11.0. The number of rotatable bonds is 7. The van der Waals surface area contributed by atoms with E-state index >= 15 is 0 Å². The van der Waals surface area contributed by atoms with E-state index < -0.39 is 6.10 Å². The van der Waals surface area contributed by atoms with Crippen molar-refractivity contribution in [2.45, 2.75) is 26.9 Å². The number of aryl methyl sites for hydroxylation is 1. The number of aliphatic hydroxyl groups is 1. The van der Waals surface area contributed by atoms with Crippen LogP contribution in [0.1, 0.15) is 19.4 Å². The summed E-state index contributed by atoms with van der Waals surface area (Å²) in [6.45, 7) is 9.12. The first-order valence-corrected chi connectivity index (χ1v) is 6.26. The van der Waals surface area contributed by atoms with Gasteiger partial charge in [-0.05, 0) is 31.6 Å². The molecule has 0 amide bonds. The molecule has 1 N–H and O–H groups in total. The number of benzene rings is 1. The average Bonchev–Trinajstić information content (AvgIpc) is 2.35. The Morgan fingerprint density at radius 3 is 2.47 bits per heavy atom. The van der Waals surface area contributed by atoms with Crippen LogP contribution < -0.4 is 4.74 Å². The summed E-state index contributed by atoms with van der Waals surface area (Å²) in [4.78, 5) is 2.19. The highest BCUT2D eigenvalue weighted by molar-refractivity contribution is 5.31. The minimum Gasteiger partial charge on any atom is -0.491 e. The maximum Gasteiger partial charge on any atom is 0.122 e. The largest absolute Gasteiger partial charge is 0.491 e. The molecule has 96 valence electrons. The predicted octanol–water partition coefficient (Wildman–Crippen LogP) is 2.08. The van der Waals surface area contributed by atoms with Gasteiger partial charge in [-0.15, -0.1) is 0 Å². The lowest BCUT2D eigenvalue weighted by molar-refractivity contribution is 0.0714. The molecule has 0 bridgehead atoms. The van der Waals surface area contributed by atoms with E-state index in [1.807, 2.05) is 31.2 Å². The Balaban J connectivity index is 2.38. The number of nitrogens with zero attached hydrogens (tertiary/aromatic N) is 1. The molecule has 1 aromatic carbocycles. The lowest BCUT2D eigenvalue weighted by Gasteiger charge is -2.22. The van der Waals surface area contributed by atoms with Crippen molar-refractivity contribution in [3.05, 3.63) is 29.8 Å². The first kappa shape index (κ1) is 14.0. The van der Waals surface area contributed by atoms with Crippen LogP contribution in [0.15, 0.2) is 24.3 Å². The van der Waals surface area contributed by atoms with Gasteiger partial charge in [0.2, 0.25) is 0 Å². The third kappa shape index (κ3) is 4.75. The summed E-state index contributed by atoms with van der Waals surface area (Å²) in [5.74, 6) is 0.853. The van der Waals surface area contributed by atoms with Crippen LogP contribution in [-0.2, 0) is 0 Å². The second kappa shape index (κ2) is 7.30. The normalized spacial score (nSPS) is 12.8. The zero-order valence-corrected chi connectivity index (χ0v) is 11.0. The molecule has 1 atom stereocenters. The van der Waals surface area contributed by atoms with Crippen LogP contribution in [0, 0.1) is 6.92 Å². The van der Waals surface area contributed by atoms with Gasteiger partial charge in [-0.2, -0.15) is 0 Å². The SMILES string of the molecule is CCN(CC)C[C@H](O)COc1ccccc1C. The number of ether oxygens (including phenoxy) is 1. The van der Waals surface area contributed by atoms with Crippen LogP contribution in [0.25, 0.3) is 0 Å². The van der Waals surface area contributed by atoms with E-state index in [-0.39, 0.29) is 0 Å². The summed E-state index contributed by atoms with van der Waals surface area (Å²) < 4.78 is 5.61. The van der Waals surface area contributed by atoms with E-state index in [1.54, 1.807) is 0 Å². The Labute approximate surface area is 104 Å². The fraction of sp³-hybridized carbons (Fsp3) is 0.571. The summed E-state index contributed by atoms with van der Waals surface area (Å²) in [5, 5.41) is 9.87. The molecule has 0 radical (unpaired) electrons. The van der Waals surface area contributed by atoms with Crippen molar-refractivity contribution in [1.29, 1.82) is 0 Å². The van der Waals surface area contributed by atoms with E-state index in [4.69, 9.17) is 4.74 Å². The number of likely N-dealkylation sites (N-methyl/N-ethyl adjacent to an activating group) is 1. The van der Waals surface area contributed by atoms with Crippen molar-refractivity contribution in [3.63, 3.8) is 0 Å². The minimum atomic E-state index is -0.436. The Bertz CT molecular complexity index is 324. The average molecular weight is 237 g/mol. The summed E-state index contributed by atoms with van der Waals surface area (Å²) in [6, 6.07) is 7.86. The molecule has 3 heteroatoms. The van der Waals surface area contributed by atoms with Gasteiger partial charge in [0.1, 0.15) is 18.5 Å². The highest BCUT2D eigenvalue weighted by Crippen LogP contribution is 2.16. The molecule has 0 spiro atoms. The van der Waals surface area contributed by atoms with Gasteiger partial charge in [-0.1, -0.05) is 32.0 Å². The molecule has 0 heterocycles. The lowest BCUT2D eigenvalue weighted by Crippen LogP contribution is -2.35.